The van der Waals surface area contributed by atoms with Crippen molar-refractivity contribution in [3.8, 4) is 5.88 Å². The molecule has 1 aromatic heterocycles. The van der Waals surface area contributed by atoms with E-state index in [1.165, 1.54) is 0 Å². The molecule has 0 spiro atoms. The fourth-order valence-electron chi connectivity index (χ4n) is 6.68. The Labute approximate surface area is 231 Å². The maximum Gasteiger partial charge on any atom is 0.270 e. The van der Waals surface area contributed by atoms with Crippen LogP contribution in [0.4, 0.5) is 0 Å². The minimum absolute atomic E-state index is 0.170. The van der Waals surface area contributed by atoms with Gasteiger partial charge in [0, 0.05) is 58.2 Å². The van der Waals surface area contributed by atoms with Gasteiger partial charge in [0.15, 0.2) is 0 Å². The smallest absolute Gasteiger partial charge is 0.270 e. The van der Waals surface area contributed by atoms with E-state index in [4.69, 9.17) is 9.47 Å². The van der Waals surface area contributed by atoms with E-state index in [9.17, 15) is 14.4 Å². The Kier molecular flexibility index (Phi) is 9.34. The van der Waals surface area contributed by atoms with Crippen molar-refractivity contribution in [2.75, 3.05) is 72.7 Å². The number of likely N-dealkylation sites (tertiary alicyclic amines) is 1. The molecular weight excluding hydrogens is 498 g/mol. The lowest BCUT2D eigenvalue weighted by Crippen LogP contribution is -2.48. The normalized spacial score (nSPS) is 29.6. The number of nitrogens with zero attached hydrogens (tertiary/aromatic N) is 4. The van der Waals surface area contributed by atoms with Crippen molar-refractivity contribution in [2.45, 2.75) is 38.5 Å². The molecule has 10 nitrogen and oxygen atoms in total. The van der Waals surface area contributed by atoms with E-state index in [-0.39, 0.29) is 29.6 Å². The molecule has 3 amide bonds. The van der Waals surface area contributed by atoms with E-state index >= 15 is 0 Å². The number of hydrogen-bond donors (Lipinski definition) is 1. The summed E-state index contributed by atoms with van der Waals surface area (Å²) in [5, 5.41) is 3.02. The lowest BCUT2D eigenvalue weighted by molar-refractivity contribution is -0.139. The number of pyridine rings is 1. The highest BCUT2D eigenvalue weighted by Gasteiger charge is 2.36. The molecule has 0 saturated carbocycles. The number of carbonyl (C=O) groups is 3. The highest BCUT2D eigenvalue weighted by molar-refractivity contribution is 5.92. The number of fused-ring (bicyclic) bond motifs is 5. The third-order valence-corrected chi connectivity index (χ3v) is 9.07. The average molecular weight is 542 g/mol. The topological polar surface area (TPSA) is 104 Å². The summed E-state index contributed by atoms with van der Waals surface area (Å²) in [6.07, 6.45) is 4.42. The number of nitrogens with one attached hydrogen (secondary N) is 1. The van der Waals surface area contributed by atoms with E-state index in [1.54, 1.807) is 18.2 Å². The van der Waals surface area contributed by atoms with Crippen LogP contribution in [0.2, 0.25) is 0 Å². The van der Waals surface area contributed by atoms with Gasteiger partial charge in [-0.1, -0.05) is 6.07 Å². The van der Waals surface area contributed by atoms with Crippen LogP contribution < -0.4 is 10.1 Å². The van der Waals surface area contributed by atoms with Gasteiger partial charge in [0.25, 0.3) is 5.91 Å². The lowest BCUT2D eigenvalue weighted by Gasteiger charge is -2.41. The number of ether oxygens (including phenoxy) is 2. The van der Waals surface area contributed by atoms with Gasteiger partial charge in [-0.05, 0) is 69.0 Å². The van der Waals surface area contributed by atoms with Gasteiger partial charge in [-0.3, -0.25) is 14.4 Å². The summed E-state index contributed by atoms with van der Waals surface area (Å²) in [4.78, 5) is 50.2. The number of carbonyl (C=O) groups excluding carboxylic acids is 3. The largest absolute Gasteiger partial charge is 0.478 e. The van der Waals surface area contributed by atoms with Crippen molar-refractivity contribution in [3.63, 3.8) is 0 Å². The van der Waals surface area contributed by atoms with E-state index in [1.807, 2.05) is 9.80 Å². The molecule has 0 radical (unpaired) electrons. The monoisotopic (exact) mass is 541 g/mol. The Bertz CT molecular complexity index is 1020. The van der Waals surface area contributed by atoms with Gasteiger partial charge in [0.2, 0.25) is 17.7 Å². The van der Waals surface area contributed by atoms with Crippen LogP contribution in [0.1, 0.15) is 49.0 Å². The van der Waals surface area contributed by atoms with Gasteiger partial charge >= 0.3 is 0 Å². The summed E-state index contributed by atoms with van der Waals surface area (Å²) in [6, 6.07) is 5.27. The van der Waals surface area contributed by atoms with Crippen LogP contribution in [0.3, 0.4) is 0 Å². The number of morpholine rings is 1. The second kappa shape index (κ2) is 13.1. The molecule has 5 rings (SSSR count). The molecule has 3 saturated heterocycles. The minimum Gasteiger partial charge on any atom is -0.478 e. The van der Waals surface area contributed by atoms with E-state index in [2.05, 4.69) is 22.2 Å². The van der Waals surface area contributed by atoms with Crippen LogP contribution in [-0.4, -0.2) is 110 Å². The van der Waals surface area contributed by atoms with Crippen molar-refractivity contribution in [3.05, 3.63) is 23.9 Å². The summed E-state index contributed by atoms with van der Waals surface area (Å²) in [6.45, 7) is 6.75. The number of rotatable bonds is 2. The molecule has 4 aliphatic rings. The van der Waals surface area contributed by atoms with Crippen molar-refractivity contribution in [1.29, 1.82) is 0 Å². The molecular formula is C29H43N5O5. The Morgan fingerprint density at radius 3 is 2.67 bits per heavy atom. The molecule has 0 aliphatic carbocycles. The summed E-state index contributed by atoms with van der Waals surface area (Å²) >= 11 is 0. The predicted molar refractivity (Wildman–Crippen MR) is 145 cm³/mol. The molecule has 0 unspecified atom stereocenters. The standard InChI is InChI=1S/C29H43N5O5/c1-32-10-6-21-18-28(36)34-11-7-22(17-27(35)33-12-15-38-16-13-33)24(20-34)8-14-39-26-4-2-3-25(31-26)29(37)30-9-5-23(21)19-32/h2-4,21-24H,5-20H2,1H3,(H,30,37)/t21-,22-,23-,24-/m0/s1. The van der Waals surface area contributed by atoms with Crippen LogP contribution in [0.5, 0.6) is 5.88 Å². The molecule has 4 atom stereocenters. The van der Waals surface area contributed by atoms with Crippen LogP contribution in [-0.2, 0) is 14.3 Å². The van der Waals surface area contributed by atoms with E-state index < -0.39 is 0 Å². The third-order valence-electron chi connectivity index (χ3n) is 9.07. The lowest BCUT2D eigenvalue weighted by atomic mass is 9.79. The van der Waals surface area contributed by atoms with Crippen molar-refractivity contribution < 1.29 is 23.9 Å². The molecule has 4 aliphatic heterocycles. The Balaban J connectivity index is 1.32. The maximum absolute atomic E-state index is 13.6. The zero-order valence-corrected chi connectivity index (χ0v) is 23.2. The summed E-state index contributed by atoms with van der Waals surface area (Å²) in [5.41, 5.74) is 0.349. The van der Waals surface area contributed by atoms with Crippen molar-refractivity contribution in [1.82, 2.24) is 25.0 Å². The second-order valence-electron chi connectivity index (χ2n) is 11.7. The average Bonchev–Trinajstić information content (AvgIpc) is 2.95. The molecule has 3 fully saturated rings. The summed E-state index contributed by atoms with van der Waals surface area (Å²) in [7, 11) is 2.13. The van der Waals surface area contributed by atoms with Gasteiger partial charge in [0.1, 0.15) is 5.69 Å². The van der Waals surface area contributed by atoms with Crippen molar-refractivity contribution >= 4 is 17.7 Å². The first-order chi connectivity index (χ1) is 19.0. The quantitative estimate of drug-likeness (QED) is 0.607. The summed E-state index contributed by atoms with van der Waals surface area (Å²) < 4.78 is 11.4. The molecule has 0 aromatic carbocycles. The third kappa shape index (κ3) is 7.28. The first-order valence-corrected chi connectivity index (χ1v) is 14.7. The number of hydrogen-bond acceptors (Lipinski definition) is 7. The molecule has 214 valence electrons. The van der Waals surface area contributed by atoms with E-state index in [0.29, 0.717) is 88.8 Å². The van der Waals surface area contributed by atoms with Gasteiger partial charge in [-0.15, -0.1) is 0 Å². The zero-order chi connectivity index (χ0) is 27.2. The maximum atomic E-state index is 13.6. The first kappa shape index (κ1) is 27.8. The van der Waals surface area contributed by atoms with Crippen LogP contribution in [0.25, 0.3) is 0 Å². The van der Waals surface area contributed by atoms with Crippen LogP contribution >= 0.6 is 0 Å². The Hall–Kier alpha value is -2.72. The highest BCUT2D eigenvalue weighted by atomic mass is 16.5. The summed E-state index contributed by atoms with van der Waals surface area (Å²) in [5.74, 6) is 1.66. The zero-order valence-electron chi connectivity index (χ0n) is 23.2. The molecule has 1 aromatic rings. The van der Waals surface area contributed by atoms with Crippen LogP contribution in [0.15, 0.2) is 18.2 Å². The molecule has 10 heteroatoms. The minimum atomic E-state index is -0.204. The number of aromatic nitrogens is 1. The molecule has 1 N–H and O–H groups in total. The fourth-order valence-corrected chi connectivity index (χ4v) is 6.68. The fraction of sp³-hybridized carbons (Fsp3) is 0.724. The second-order valence-corrected chi connectivity index (χ2v) is 11.7. The number of amides is 3. The SMILES string of the molecule is CN1CC[C@H]2CC(=O)N3CC[C@@H](CC(=O)N4CCOCC4)[C@@H](CCOc4cccc(n4)C(=O)NCC[C@H]2C1)C3. The predicted octanol–water partition coefficient (Wildman–Crippen LogP) is 1.66. The highest BCUT2D eigenvalue weighted by Crippen LogP contribution is 2.33. The van der Waals surface area contributed by atoms with E-state index in [0.717, 1.165) is 38.8 Å². The van der Waals surface area contributed by atoms with Gasteiger partial charge in [-0.2, -0.15) is 0 Å². The van der Waals surface area contributed by atoms with Gasteiger partial charge in [0.05, 0.1) is 19.8 Å². The first-order valence-electron chi connectivity index (χ1n) is 14.7. The van der Waals surface area contributed by atoms with Crippen LogP contribution in [0, 0.1) is 23.7 Å². The Morgan fingerprint density at radius 2 is 1.82 bits per heavy atom. The van der Waals surface area contributed by atoms with Crippen molar-refractivity contribution in [2.24, 2.45) is 23.7 Å². The van der Waals surface area contributed by atoms with Gasteiger partial charge in [-0.25, -0.2) is 4.98 Å². The van der Waals surface area contributed by atoms with Gasteiger partial charge < -0.3 is 29.5 Å². The Morgan fingerprint density at radius 1 is 0.974 bits per heavy atom. The number of piperidine rings is 2. The molecule has 39 heavy (non-hydrogen) atoms. The molecule has 4 bridgehead atoms. The molecule has 5 heterocycles.